The fourth-order valence-corrected chi connectivity index (χ4v) is 10.1. The lowest BCUT2D eigenvalue weighted by atomic mass is 10.0. The highest BCUT2D eigenvalue weighted by atomic mass is 16.6. The molecule has 6 nitrogen and oxygen atoms in total. The molecule has 71 heavy (non-hydrogen) atoms. The Bertz CT molecular complexity index is 1090. The number of rotatable bonds is 59. The first-order valence-corrected chi connectivity index (χ1v) is 32.2. The van der Waals surface area contributed by atoms with Gasteiger partial charge in [0, 0.05) is 19.3 Å². The Hall–Kier alpha value is -1.59. The summed E-state index contributed by atoms with van der Waals surface area (Å²) in [5, 5.41) is 0. The van der Waals surface area contributed by atoms with Crippen LogP contribution in [0.4, 0.5) is 0 Å². The summed E-state index contributed by atoms with van der Waals surface area (Å²) in [6.45, 7) is 11.5. The van der Waals surface area contributed by atoms with Crippen molar-refractivity contribution in [2.75, 3.05) is 13.2 Å². The van der Waals surface area contributed by atoms with Gasteiger partial charge in [-0.25, -0.2) is 0 Å². The SMILES string of the molecule is CCCCCCCCCCCCCCCCCCC(=O)OC[C@H](COC(=O)CCCCCCCCCCCCCCCC(C)C)OC(=O)CCCCCCCCCCCCCCCCCCCCC(C)C. The minimum absolute atomic E-state index is 0.0617. The van der Waals surface area contributed by atoms with Crippen LogP contribution in [-0.2, 0) is 28.6 Å². The molecule has 0 spiro atoms. The molecule has 0 fully saturated rings. The van der Waals surface area contributed by atoms with Crippen LogP contribution >= 0.6 is 0 Å². The van der Waals surface area contributed by atoms with Gasteiger partial charge in [0.15, 0.2) is 6.10 Å². The summed E-state index contributed by atoms with van der Waals surface area (Å²) in [6, 6.07) is 0. The summed E-state index contributed by atoms with van der Waals surface area (Å²) in [5.74, 6) is 0.868. The number of unbranched alkanes of at least 4 members (excludes halogenated alkanes) is 44. The van der Waals surface area contributed by atoms with Crippen molar-refractivity contribution in [2.24, 2.45) is 11.8 Å². The first-order chi connectivity index (χ1) is 34.7. The number of carbonyl (C=O) groups excluding carboxylic acids is 3. The predicted octanol–water partition coefficient (Wildman–Crippen LogP) is 21.6. The van der Waals surface area contributed by atoms with E-state index in [4.69, 9.17) is 14.2 Å². The van der Waals surface area contributed by atoms with Crippen molar-refractivity contribution < 1.29 is 28.6 Å². The van der Waals surface area contributed by atoms with Gasteiger partial charge < -0.3 is 14.2 Å². The standard InChI is InChI=1S/C65H126O6/c1-6-7-8-9-10-11-12-13-14-20-25-30-35-40-45-50-55-63(66)69-58-62(59-70-64(67)56-51-46-41-36-31-27-22-24-29-34-39-44-49-54-61(4)5)71-65(68)57-52-47-42-37-32-26-21-18-16-15-17-19-23-28-33-38-43-48-53-60(2)3/h60-62H,6-59H2,1-5H3/t62-/m1/s1. The third-order valence-corrected chi connectivity index (χ3v) is 15.0. The minimum atomic E-state index is -0.764. The van der Waals surface area contributed by atoms with E-state index in [2.05, 4.69) is 34.6 Å². The van der Waals surface area contributed by atoms with Crippen molar-refractivity contribution in [3.8, 4) is 0 Å². The molecule has 0 heterocycles. The van der Waals surface area contributed by atoms with Crippen molar-refractivity contribution in [3.05, 3.63) is 0 Å². The topological polar surface area (TPSA) is 78.9 Å². The molecule has 6 heteroatoms. The molecule has 0 N–H and O–H groups in total. The number of esters is 3. The Morgan fingerprint density at radius 3 is 0.690 bits per heavy atom. The van der Waals surface area contributed by atoms with E-state index in [0.29, 0.717) is 19.3 Å². The summed E-state index contributed by atoms with van der Waals surface area (Å²) >= 11 is 0. The molecule has 422 valence electrons. The molecule has 0 saturated heterocycles. The summed E-state index contributed by atoms with van der Waals surface area (Å²) in [4.78, 5) is 38.3. The first kappa shape index (κ1) is 69.4. The van der Waals surface area contributed by atoms with Crippen LogP contribution in [0.3, 0.4) is 0 Å². The summed E-state index contributed by atoms with van der Waals surface area (Å²) in [6.07, 6.45) is 63.9. The summed E-state index contributed by atoms with van der Waals surface area (Å²) in [7, 11) is 0. The molecule has 0 aromatic carbocycles. The van der Waals surface area contributed by atoms with Crippen molar-refractivity contribution in [2.45, 2.75) is 375 Å². The average Bonchev–Trinajstić information content (AvgIpc) is 3.35. The lowest BCUT2D eigenvalue weighted by Gasteiger charge is -2.18. The fourth-order valence-electron chi connectivity index (χ4n) is 10.1. The van der Waals surface area contributed by atoms with Crippen molar-refractivity contribution in [3.63, 3.8) is 0 Å². The molecule has 0 unspecified atom stereocenters. The second-order valence-corrected chi connectivity index (χ2v) is 23.4. The monoisotopic (exact) mass is 1000 g/mol. The van der Waals surface area contributed by atoms with Gasteiger partial charge in [-0.05, 0) is 31.1 Å². The van der Waals surface area contributed by atoms with Crippen LogP contribution in [0.15, 0.2) is 0 Å². The molecule has 0 rings (SSSR count). The second-order valence-electron chi connectivity index (χ2n) is 23.4. The van der Waals surface area contributed by atoms with E-state index in [1.807, 2.05) is 0 Å². The maximum atomic E-state index is 12.9. The van der Waals surface area contributed by atoms with E-state index in [1.165, 1.54) is 257 Å². The molecular formula is C65H126O6. The molecular weight excluding hydrogens is 877 g/mol. The molecule has 0 aliphatic rings. The maximum Gasteiger partial charge on any atom is 0.306 e. The Balaban J connectivity index is 4.28. The molecule has 0 aromatic heterocycles. The van der Waals surface area contributed by atoms with Gasteiger partial charge in [-0.1, -0.05) is 330 Å². The predicted molar refractivity (Wildman–Crippen MR) is 307 cm³/mol. The molecule has 0 aliphatic heterocycles. The molecule has 0 radical (unpaired) electrons. The highest BCUT2D eigenvalue weighted by Gasteiger charge is 2.19. The van der Waals surface area contributed by atoms with Crippen LogP contribution in [0.25, 0.3) is 0 Å². The smallest absolute Gasteiger partial charge is 0.306 e. The normalized spacial score (nSPS) is 12.0. The van der Waals surface area contributed by atoms with Crippen LogP contribution in [0.5, 0.6) is 0 Å². The van der Waals surface area contributed by atoms with Gasteiger partial charge in [0.1, 0.15) is 13.2 Å². The van der Waals surface area contributed by atoms with E-state index in [0.717, 1.165) is 69.6 Å². The zero-order valence-corrected chi connectivity index (χ0v) is 48.9. The van der Waals surface area contributed by atoms with Gasteiger partial charge >= 0.3 is 17.9 Å². The molecule has 0 aromatic rings. The maximum absolute atomic E-state index is 12.9. The van der Waals surface area contributed by atoms with Gasteiger partial charge in [-0.2, -0.15) is 0 Å². The Labute approximate surface area is 444 Å². The van der Waals surface area contributed by atoms with E-state index < -0.39 is 6.10 Å². The molecule has 0 bridgehead atoms. The van der Waals surface area contributed by atoms with E-state index in [-0.39, 0.29) is 31.1 Å². The third-order valence-electron chi connectivity index (χ3n) is 15.0. The Morgan fingerprint density at radius 1 is 0.268 bits per heavy atom. The van der Waals surface area contributed by atoms with E-state index in [9.17, 15) is 14.4 Å². The van der Waals surface area contributed by atoms with Gasteiger partial charge in [-0.15, -0.1) is 0 Å². The van der Waals surface area contributed by atoms with Crippen LogP contribution in [0.2, 0.25) is 0 Å². The first-order valence-electron chi connectivity index (χ1n) is 32.2. The molecule has 0 amide bonds. The quantitative estimate of drug-likeness (QED) is 0.0343. The zero-order valence-electron chi connectivity index (χ0n) is 48.9. The van der Waals surface area contributed by atoms with E-state index in [1.54, 1.807) is 0 Å². The molecule has 1 atom stereocenters. The third kappa shape index (κ3) is 59.2. The highest BCUT2D eigenvalue weighted by molar-refractivity contribution is 5.71. The average molecular weight is 1000 g/mol. The summed E-state index contributed by atoms with van der Waals surface area (Å²) < 4.78 is 17.0. The lowest BCUT2D eigenvalue weighted by molar-refractivity contribution is -0.167. The van der Waals surface area contributed by atoms with Crippen molar-refractivity contribution >= 4 is 17.9 Å². The van der Waals surface area contributed by atoms with Gasteiger partial charge in [-0.3, -0.25) is 14.4 Å². The Kier molecular flexibility index (Phi) is 56.4. The van der Waals surface area contributed by atoms with Crippen LogP contribution in [0.1, 0.15) is 369 Å². The van der Waals surface area contributed by atoms with Gasteiger partial charge in [0.25, 0.3) is 0 Å². The Morgan fingerprint density at radius 2 is 0.465 bits per heavy atom. The molecule has 0 saturated carbocycles. The van der Waals surface area contributed by atoms with Crippen molar-refractivity contribution in [1.82, 2.24) is 0 Å². The van der Waals surface area contributed by atoms with Crippen molar-refractivity contribution in [1.29, 1.82) is 0 Å². The summed E-state index contributed by atoms with van der Waals surface area (Å²) in [5.41, 5.74) is 0. The fraction of sp³-hybridized carbons (Fsp3) is 0.954. The van der Waals surface area contributed by atoms with Crippen LogP contribution in [0, 0.1) is 11.8 Å². The van der Waals surface area contributed by atoms with Crippen LogP contribution < -0.4 is 0 Å². The number of hydrogen-bond acceptors (Lipinski definition) is 6. The zero-order chi connectivity index (χ0) is 51.8. The van der Waals surface area contributed by atoms with Gasteiger partial charge in [0.2, 0.25) is 0 Å². The number of hydrogen-bond donors (Lipinski definition) is 0. The number of ether oxygens (including phenoxy) is 3. The molecule has 0 aliphatic carbocycles. The van der Waals surface area contributed by atoms with Gasteiger partial charge in [0.05, 0.1) is 0 Å². The highest BCUT2D eigenvalue weighted by Crippen LogP contribution is 2.19. The lowest BCUT2D eigenvalue weighted by Crippen LogP contribution is -2.30. The van der Waals surface area contributed by atoms with Crippen LogP contribution in [-0.4, -0.2) is 37.2 Å². The second kappa shape index (κ2) is 57.7. The largest absolute Gasteiger partial charge is 0.462 e. The minimum Gasteiger partial charge on any atom is -0.462 e. The number of carbonyl (C=O) groups is 3. The van der Waals surface area contributed by atoms with E-state index >= 15 is 0 Å².